The van der Waals surface area contributed by atoms with Gasteiger partial charge in [0, 0.05) is 24.7 Å². The minimum atomic E-state index is 0.327. The lowest BCUT2D eigenvalue weighted by Crippen LogP contribution is -2.37. The maximum absolute atomic E-state index is 8.51. The summed E-state index contributed by atoms with van der Waals surface area (Å²) in [6.45, 7) is 5.43. The standard InChI is InChI=1S/C10H19N3/c1-8(4-5-11)12-10-6-9(2)13(3)7-10/h8-10,12H,4,6-7H2,1-3H3. The second-order valence-electron chi connectivity index (χ2n) is 4.15. The van der Waals surface area contributed by atoms with Gasteiger partial charge in [-0.1, -0.05) is 0 Å². The van der Waals surface area contributed by atoms with E-state index >= 15 is 0 Å². The summed E-state index contributed by atoms with van der Waals surface area (Å²) in [5, 5.41) is 12.0. The second-order valence-corrected chi connectivity index (χ2v) is 4.15. The van der Waals surface area contributed by atoms with Crippen LogP contribution in [0.4, 0.5) is 0 Å². The van der Waals surface area contributed by atoms with Crippen molar-refractivity contribution in [3.8, 4) is 6.07 Å². The molecule has 0 bridgehead atoms. The number of hydrogen-bond acceptors (Lipinski definition) is 3. The SMILES string of the molecule is CC(CC#N)NC1CC(C)N(C)C1. The van der Waals surface area contributed by atoms with Crippen LogP contribution in [0.15, 0.2) is 0 Å². The van der Waals surface area contributed by atoms with Crippen LogP contribution in [0.5, 0.6) is 0 Å². The second kappa shape index (κ2) is 4.59. The number of nitrogens with one attached hydrogen (secondary N) is 1. The molecule has 1 aliphatic rings. The summed E-state index contributed by atoms with van der Waals surface area (Å²) in [6.07, 6.45) is 1.81. The number of hydrogen-bond donors (Lipinski definition) is 1. The first kappa shape index (κ1) is 10.5. The molecular weight excluding hydrogens is 162 g/mol. The largest absolute Gasteiger partial charge is 0.309 e. The smallest absolute Gasteiger partial charge is 0.0638 e. The molecule has 0 aromatic heterocycles. The van der Waals surface area contributed by atoms with Gasteiger partial charge in [0.2, 0.25) is 0 Å². The fraction of sp³-hybridized carbons (Fsp3) is 0.900. The fourth-order valence-corrected chi connectivity index (χ4v) is 1.91. The van der Waals surface area contributed by atoms with E-state index in [0.717, 1.165) is 6.54 Å². The molecule has 1 fully saturated rings. The highest BCUT2D eigenvalue weighted by molar-refractivity contribution is 4.88. The molecule has 1 saturated heterocycles. The van der Waals surface area contributed by atoms with Crippen molar-refractivity contribution in [3.63, 3.8) is 0 Å². The Morgan fingerprint density at radius 2 is 2.38 bits per heavy atom. The zero-order chi connectivity index (χ0) is 9.84. The van der Waals surface area contributed by atoms with Crippen LogP contribution in [0.3, 0.4) is 0 Å². The van der Waals surface area contributed by atoms with Gasteiger partial charge >= 0.3 is 0 Å². The third kappa shape index (κ3) is 2.98. The Labute approximate surface area is 80.7 Å². The molecule has 0 aromatic carbocycles. The summed E-state index contributed by atoms with van der Waals surface area (Å²) in [6, 6.07) is 3.76. The van der Waals surface area contributed by atoms with Crippen LogP contribution in [0.2, 0.25) is 0 Å². The van der Waals surface area contributed by atoms with Crippen molar-refractivity contribution in [3.05, 3.63) is 0 Å². The molecule has 1 aliphatic heterocycles. The molecule has 1 rings (SSSR count). The quantitative estimate of drug-likeness (QED) is 0.705. The molecular formula is C10H19N3. The van der Waals surface area contributed by atoms with E-state index in [1.807, 2.05) is 0 Å². The molecule has 74 valence electrons. The summed E-state index contributed by atoms with van der Waals surface area (Å²) in [7, 11) is 2.15. The lowest BCUT2D eigenvalue weighted by Gasteiger charge is -2.16. The highest BCUT2D eigenvalue weighted by Crippen LogP contribution is 2.15. The monoisotopic (exact) mass is 181 g/mol. The predicted octanol–water partition coefficient (Wildman–Crippen LogP) is 0.971. The van der Waals surface area contributed by atoms with Crippen molar-refractivity contribution in [1.29, 1.82) is 5.26 Å². The van der Waals surface area contributed by atoms with Gasteiger partial charge in [-0.3, -0.25) is 0 Å². The highest BCUT2D eigenvalue weighted by atomic mass is 15.2. The van der Waals surface area contributed by atoms with Gasteiger partial charge in [-0.25, -0.2) is 0 Å². The Kier molecular flexibility index (Phi) is 3.71. The number of likely N-dealkylation sites (tertiary alicyclic amines) is 1. The van der Waals surface area contributed by atoms with Gasteiger partial charge in [-0.05, 0) is 27.3 Å². The van der Waals surface area contributed by atoms with Gasteiger partial charge in [0.1, 0.15) is 0 Å². The van der Waals surface area contributed by atoms with E-state index in [-0.39, 0.29) is 0 Å². The maximum Gasteiger partial charge on any atom is 0.0638 e. The molecule has 0 spiro atoms. The molecule has 0 aliphatic carbocycles. The molecule has 3 unspecified atom stereocenters. The lowest BCUT2D eigenvalue weighted by molar-refractivity contribution is 0.325. The Bertz CT molecular complexity index is 187. The van der Waals surface area contributed by atoms with Gasteiger partial charge in [-0.15, -0.1) is 0 Å². The predicted molar refractivity (Wildman–Crippen MR) is 53.3 cm³/mol. The molecule has 3 heteroatoms. The van der Waals surface area contributed by atoms with Gasteiger partial charge < -0.3 is 10.2 Å². The number of nitrogens with zero attached hydrogens (tertiary/aromatic N) is 2. The third-order valence-electron chi connectivity index (χ3n) is 2.80. The zero-order valence-electron chi connectivity index (χ0n) is 8.75. The van der Waals surface area contributed by atoms with E-state index in [2.05, 4.69) is 37.2 Å². The molecule has 1 N–H and O–H groups in total. The van der Waals surface area contributed by atoms with Gasteiger partial charge in [0.25, 0.3) is 0 Å². The van der Waals surface area contributed by atoms with Gasteiger partial charge in [-0.2, -0.15) is 5.26 Å². The normalized spacial score (nSPS) is 31.5. The topological polar surface area (TPSA) is 39.1 Å². The molecule has 0 radical (unpaired) electrons. The molecule has 0 aromatic rings. The first-order valence-corrected chi connectivity index (χ1v) is 4.96. The van der Waals surface area contributed by atoms with E-state index < -0.39 is 0 Å². The minimum absolute atomic E-state index is 0.327. The average Bonchev–Trinajstić information content (AvgIpc) is 2.31. The van der Waals surface area contributed by atoms with E-state index in [4.69, 9.17) is 5.26 Å². The van der Waals surface area contributed by atoms with Crippen molar-refractivity contribution in [2.24, 2.45) is 0 Å². The maximum atomic E-state index is 8.51. The van der Waals surface area contributed by atoms with Crippen LogP contribution in [-0.4, -0.2) is 36.6 Å². The molecule has 1 heterocycles. The zero-order valence-corrected chi connectivity index (χ0v) is 8.75. The van der Waals surface area contributed by atoms with Crippen molar-refractivity contribution < 1.29 is 0 Å². The molecule has 3 atom stereocenters. The van der Waals surface area contributed by atoms with Crippen LogP contribution >= 0.6 is 0 Å². The molecule has 13 heavy (non-hydrogen) atoms. The lowest BCUT2D eigenvalue weighted by atomic mass is 10.1. The van der Waals surface area contributed by atoms with Crippen LogP contribution < -0.4 is 5.32 Å². The summed E-state index contributed by atoms with van der Waals surface area (Å²) < 4.78 is 0. The Balaban J connectivity index is 2.28. The number of rotatable bonds is 3. The van der Waals surface area contributed by atoms with Crippen LogP contribution in [0, 0.1) is 11.3 Å². The van der Waals surface area contributed by atoms with Crippen molar-refractivity contribution in [2.75, 3.05) is 13.6 Å². The summed E-state index contributed by atoms with van der Waals surface area (Å²) >= 11 is 0. The minimum Gasteiger partial charge on any atom is -0.309 e. The van der Waals surface area contributed by atoms with E-state index in [1.165, 1.54) is 6.42 Å². The molecule has 0 saturated carbocycles. The average molecular weight is 181 g/mol. The Hall–Kier alpha value is -0.590. The van der Waals surface area contributed by atoms with Crippen molar-refractivity contribution >= 4 is 0 Å². The Morgan fingerprint density at radius 3 is 2.85 bits per heavy atom. The summed E-state index contributed by atoms with van der Waals surface area (Å²) in [4.78, 5) is 2.36. The van der Waals surface area contributed by atoms with Crippen molar-refractivity contribution in [2.45, 2.75) is 44.8 Å². The third-order valence-corrected chi connectivity index (χ3v) is 2.80. The number of likely N-dealkylation sites (N-methyl/N-ethyl adjacent to an activating group) is 1. The first-order valence-electron chi connectivity index (χ1n) is 4.96. The van der Waals surface area contributed by atoms with Gasteiger partial charge in [0.15, 0.2) is 0 Å². The van der Waals surface area contributed by atoms with Crippen molar-refractivity contribution in [1.82, 2.24) is 10.2 Å². The van der Waals surface area contributed by atoms with Crippen LogP contribution in [-0.2, 0) is 0 Å². The Morgan fingerprint density at radius 1 is 1.69 bits per heavy atom. The fourth-order valence-electron chi connectivity index (χ4n) is 1.91. The first-order chi connectivity index (χ1) is 6.13. The number of nitriles is 1. The summed E-state index contributed by atoms with van der Waals surface area (Å²) in [5.41, 5.74) is 0. The van der Waals surface area contributed by atoms with Crippen LogP contribution in [0.25, 0.3) is 0 Å². The molecule has 3 nitrogen and oxygen atoms in total. The highest BCUT2D eigenvalue weighted by Gasteiger charge is 2.26. The van der Waals surface area contributed by atoms with E-state index in [0.29, 0.717) is 24.5 Å². The van der Waals surface area contributed by atoms with Crippen LogP contribution in [0.1, 0.15) is 26.7 Å². The van der Waals surface area contributed by atoms with E-state index in [9.17, 15) is 0 Å². The van der Waals surface area contributed by atoms with Gasteiger partial charge in [0.05, 0.1) is 12.5 Å². The summed E-state index contributed by atoms with van der Waals surface area (Å²) in [5.74, 6) is 0. The molecule has 0 amide bonds. The van der Waals surface area contributed by atoms with E-state index in [1.54, 1.807) is 0 Å².